The number of hydrogen-bond donors (Lipinski definition) is 1. The lowest BCUT2D eigenvalue weighted by Gasteiger charge is -2.25. The topological polar surface area (TPSA) is 67.9 Å². The van der Waals surface area contributed by atoms with Crippen LogP contribution in [-0.2, 0) is 16.2 Å². The maximum Gasteiger partial charge on any atom is 0.265 e. The van der Waals surface area contributed by atoms with E-state index in [0.29, 0.717) is 29.2 Å². The van der Waals surface area contributed by atoms with Gasteiger partial charge in [0.1, 0.15) is 18.0 Å². The fourth-order valence-corrected chi connectivity index (χ4v) is 2.88. The van der Waals surface area contributed by atoms with E-state index in [4.69, 9.17) is 21.7 Å². The number of hydrogen-bond acceptors (Lipinski definition) is 5. The number of nitrogens with zero attached hydrogens (tertiary/aromatic N) is 1. The van der Waals surface area contributed by atoms with Crippen molar-refractivity contribution in [2.45, 2.75) is 13.5 Å². The molecule has 0 atom stereocenters. The van der Waals surface area contributed by atoms with Gasteiger partial charge >= 0.3 is 0 Å². The number of amides is 2. The number of thiocarbonyl (C=S) groups is 1. The van der Waals surface area contributed by atoms with Crippen LogP contribution < -0.4 is 14.8 Å². The molecule has 150 valence electrons. The molecule has 0 saturated carbocycles. The van der Waals surface area contributed by atoms with Gasteiger partial charge in [-0.1, -0.05) is 18.2 Å². The summed E-state index contributed by atoms with van der Waals surface area (Å²) in [6, 6.07) is 11.2. The third kappa shape index (κ3) is 4.78. The Morgan fingerprint density at radius 2 is 1.93 bits per heavy atom. The summed E-state index contributed by atoms with van der Waals surface area (Å²) in [5, 5.41) is 2.53. The first-order valence-electron chi connectivity index (χ1n) is 8.88. The molecule has 0 aromatic heterocycles. The molecule has 2 aromatic rings. The second-order valence-electron chi connectivity index (χ2n) is 6.24. The first kappa shape index (κ1) is 20.5. The summed E-state index contributed by atoms with van der Waals surface area (Å²) in [5.41, 5.74) is 1.24. The second-order valence-corrected chi connectivity index (χ2v) is 6.63. The normalized spacial score (nSPS) is 15.5. The van der Waals surface area contributed by atoms with E-state index >= 15 is 0 Å². The van der Waals surface area contributed by atoms with Crippen molar-refractivity contribution in [2.75, 3.05) is 13.7 Å². The van der Waals surface area contributed by atoms with E-state index in [1.807, 2.05) is 6.92 Å². The number of ether oxygens (including phenoxy) is 2. The average molecular weight is 414 g/mol. The Morgan fingerprint density at radius 1 is 1.14 bits per heavy atom. The SMILES string of the molecule is CCOc1cc(/C=C2\C(=O)NC(=S)N(C)C2=O)ccc1OCc1cccc(F)c1. The van der Waals surface area contributed by atoms with Crippen molar-refractivity contribution in [1.29, 1.82) is 0 Å². The quantitative estimate of drug-likeness (QED) is 0.447. The number of carbonyl (C=O) groups is 2. The van der Waals surface area contributed by atoms with E-state index in [-0.39, 0.29) is 23.1 Å². The third-order valence-corrected chi connectivity index (χ3v) is 4.54. The van der Waals surface area contributed by atoms with Crippen LogP contribution in [-0.4, -0.2) is 35.5 Å². The molecule has 3 rings (SSSR count). The van der Waals surface area contributed by atoms with Crippen LogP contribution in [0.4, 0.5) is 4.39 Å². The van der Waals surface area contributed by atoms with Crippen LogP contribution in [0, 0.1) is 5.82 Å². The molecule has 0 spiro atoms. The zero-order valence-corrected chi connectivity index (χ0v) is 16.7. The molecular weight excluding hydrogens is 395 g/mol. The summed E-state index contributed by atoms with van der Waals surface area (Å²) in [6.07, 6.45) is 1.47. The highest BCUT2D eigenvalue weighted by Crippen LogP contribution is 2.30. The van der Waals surface area contributed by atoms with Gasteiger partial charge < -0.3 is 9.47 Å². The van der Waals surface area contributed by atoms with Crippen LogP contribution in [0.3, 0.4) is 0 Å². The molecular formula is C21H19FN2O4S. The minimum Gasteiger partial charge on any atom is -0.490 e. The minimum atomic E-state index is -0.553. The highest BCUT2D eigenvalue weighted by Gasteiger charge is 2.30. The van der Waals surface area contributed by atoms with Gasteiger partial charge in [0.2, 0.25) is 0 Å². The van der Waals surface area contributed by atoms with Crippen LogP contribution in [0.15, 0.2) is 48.0 Å². The Labute approximate surface area is 172 Å². The van der Waals surface area contributed by atoms with Crippen LogP contribution in [0.2, 0.25) is 0 Å². The lowest BCUT2D eigenvalue weighted by atomic mass is 10.1. The average Bonchev–Trinajstić information content (AvgIpc) is 2.69. The van der Waals surface area contributed by atoms with Gasteiger partial charge in [0.05, 0.1) is 6.61 Å². The van der Waals surface area contributed by atoms with Crippen molar-refractivity contribution in [1.82, 2.24) is 10.2 Å². The predicted octanol–water partition coefficient (Wildman–Crippen LogP) is 3.06. The van der Waals surface area contributed by atoms with E-state index in [1.165, 1.54) is 30.2 Å². The Hall–Kier alpha value is -3.26. The predicted molar refractivity (Wildman–Crippen MR) is 110 cm³/mol. The number of carbonyl (C=O) groups excluding carboxylic acids is 2. The molecule has 0 radical (unpaired) electrons. The molecule has 0 bridgehead atoms. The molecule has 1 aliphatic heterocycles. The van der Waals surface area contributed by atoms with Crippen LogP contribution in [0.1, 0.15) is 18.1 Å². The molecule has 29 heavy (non-hydrogen) atoms. The van der Waals surface area contributed by atoms with Gasteiger partial charge in [-0.25, -0.2) is 4.39 Å². The number of nitrogens with one attached hydrogen (secondary N) is 1. The van der Waals surface area contributed by atoms with E-state index in [2.05, 4.69) is 5.32 Å². The van der Waals surface area contributed by atoms with Gasteiger partial charge in [-0.15, -0.1) is 0 Å². The smallest absolute Gasteiger partial charge is 0.265 e. The molecule has 1 aliphatic rings. The van der Waals surface area contributed by atoms with Crippen LogP contribution in [0.5, 0.6) is 11.5 Å². The highest BCUT2D eigenvalue weighted by atomic mass is 32.1. The lowest BCUT2D eigenvalue weighted by Crippen LogP contribution is -2.52. The second kappa shape index (κ2) is 8.83. The van der Waals surface area contributed by atoms with Crippen LogP contribution >= 0.6 is 12.2 Å². The first-order valence-corrected chi connectivity index (χ1v) is 9.29. The number of likely N-dealkylation sites (N-methyl/N-ethyl adjacent to an activating group) is 1. The standard InChI is InChI=1S/C21H19FN2O4S/c1-3-27-18-11-13(10-16-19(25)23-21(29)24(2)20(16)26)7-8-17(18)28-12-14-5-4-6-15(22)9-14/h4-11H,3,12H2,1-2H3,(H,23,25,29)/b16-10+. The maximum absolute atomic E-state index is 13.3. The fraction of sp³-hybridized carbons (Fsp3) is 0.190. The van der Waals surface area contributed by atoms with E-state index in [0.717, 1.165) is 0 Å². The summed E-state index contributed by atoms with van der Waals surface area (Å²) >= 11 is 4.94. The molecule has 2 amide bonds. The number of rotatable bonds is 6. The van der Waals surface area contributed by atoms with Crippen molar-refractivity contribution in [3.8, 4) is 11.5 Å². The lowest BCUT2D eigenvalue weighted by molar-refractivity contribution is -0.128. The van der Waals surface area contributed by atoms with Gasteiger partial charge in [0, 0.05) is 7.05 Å². The van der Waals surface area contributed by atoms with Crippen LogP contribution in [0.25, 0.3) is 6.08 Å². The summed E-state index contributed by atoms with van der Waals surface area (Å²) < 4.78 is 24.7. The van der Waals surface area contributed by atoms with Gasteiger partial charge in [-0.2, -0.15) is 0 Å². The molecule has 8 heteroatoms. The molecule has 1 saturated heterocycles. The molecule has 6 nitrogen and oxygen atoms in total. The van der Waals surface area contributed by atoms with Gasteiger partial charge in [-0.3, -0.25) is 19.8 Å². The molecule has 2 aromatic carbocycles. The zero-order chi connectivity index (χ0) is 21.0. The molecule has 1 N–H and O–H groups in total. The van der Waals surface area contributed by atoms with Crippen molar-refractivity contribution in [2.24, 2.45) is 0 Å². The van der Waals surface area contributed by atoms with Gasteiger partial charge in [0.15, 0.2) is 16.6 Å². The van der Waals surface area contributed by atoms with Crippen molar-refractivity contribution >= 4 is 35.2 Å². The summed E-state index contributed by atoms with van der Waals surface area (Å²) in [5.74, 6) is -0.453. The Bertz CT molecular complexity index is 1010. The van der Waals surface area contributed by atoms with E-state index < -0.39 is 11.8 Å². The molecule has 1 fully saturated rings. The molecule has 0 aliphatic carbocycles. The Kier molecular flexibility index (Phi) is 6.23. The van der Waals surface area contributed by atoms with Crippen molar-refractivity contribution in [3.05, 3.63) is 65.0 Å². The Balaban J connectivity index is 1.84. The monoisotopic (exact) mass is 414 g/mol. The third-order valence-electron chi connectivity index (χ3n) is 4.17. The van der Waals surface area contributed by atoms with Gasteiger partial charge in [0.25, 0.3) is 11.8 Å². The summed E-state index contributed by atoms with van der Waals surface area (Å²) in [7, 11) is 1.49. The number of halogens is 1. The van der Waals surface area contributed by atoms with Crippen molar-refractivity contribution in [3.63, 3.8) is 0 Å². The first-order chi connectivity index (χ1) is 13.9. The van der Waals surface area contributed by atoms with E-state index in [1.54, 1.807) is 30.3 Å². The molecule has 0 unspecified atom stereocenters. The van der Waals surface area contributed by atoms with E-state index in [9.17, 15) is 14.0 Å². The van der Waals surface area contributed by atoms with Crippen molar-refractivity contribution < 1.29 is 23.5 Å². The van der Waals surface area contributed by atoms with Gasteiger partial charge in [-0.05, 0) is 60.6 Å². The zero-order valence-electron chi connectivity index (χ0n) is 15.9. The summed E-state index contributed by atoms with van der Waals surface area (Å²) in [4.78, 5) is 25.7. The maximum atomic E-state index is 13.3. The Morgan fingerprint density at radius 3 is 2.66 bits per heavy atom. The highest BCUT2D eigenvalue weighted by molar-refractivity contribution is 7.80. The summed E-state index contributed by atoms with van der Waals surface area (Å²) in [6.45, 7) is 2.39. The largest absolute Gasteiger partial charge is 0.490 e. The fourth-order valence-electron chi connectivity index (χ4n) is 2.70. The minimum absolute atomic E-state index is 0.0306. The number of benzene rings is 2. The molecule has 1 heterocycles.